The van der Waals surface area contributed by atoms with Gasteiger partial charge in [-0.1, -0.05) is 23.7 Å². The third-order valence-electron chi connectivity index (χ3n) is 2.23. The first kappa shape index (κ1) is 13.6. The van der Waals surface area contributed by atoms with Crippen molar-refractivity contribution in [3.05, 3.63) is 51.2 Å². The summed E-state index contributed by atoms with van der Waals surface area (Å²) in [6.07, 6.45) is 1.55. The number of carbonyl (C=O) groups excluding carboxylic acids is 1. The van der Waals surface area contributed by atoms with E-state index in [0.29, 0.717) is 4.34 Å². The van der Waals surface area contributed by atoms with Crippen molar-refractivity contribution in [2.45, 2.75) is 6.92 Å². The average molecular weight is 294 g/mol. The van der Waals surface area contributed by atoms with Crippen LogP contribution in [0.3, 0.4) is 0 Å². The summed E-state index contributed by atoms with van der Waals surface area (Å²) in [5.74, 6) is 0. The summed E-state index contributed by atoms with van der Waals surface area (Å²) >= 11 is 7.17. The van der Waals surface area contributed by atoms with Crippen molar-refractivity contribution in [3.63, 3.8) is 0 Å². The van der Waals surface area contributed by atoms with Crippen LogP contribution in [0.25, 0.3) is 0 Å². The van der Waals surface area contributed by atoms with Gasteiger partial charge in [-0.2, -0.15) is 5.10 Å². The third kappa shape index (κ3) is 4.39. The highest BCUT2D eigenvalue weighted by molar-refractivity contribution is 7.17. The average Bonchev–Trinajstić information content (AvgIpc) is 2.75. The Hall–Kier alpha value is -1.85. The molecule has 2 amide bonds. The summed E-state index contributed by atoms with van der Waals surface area (Å²) in [6.45, 7) is 1.96. The van der Waals surface area contributed by atoms with Crippen molar-refractivity contribution in [2.24, 2.45) is 5.10 Å². The second kappa shape index (κ2) is 6.36. The Balaban J connectivity index is 1.86. The van der Waals surface area contributed by atoms with E-state index in [1.54, 1.807) is 12.3 Å². The number of aryl methyl sites for hydroxylation is 1. The molecule has 0 radical (unpaired) electrons. The van der Waals surface area contributed by atoms with Crippen LogP contribution >= 0.6 is 22.9 Å². The molecule has 98 valence electrons. The number of hydrogen-bond acceptors (Lipinski definition) is 3. The van der Waals surface area contributed by atoms with Crippen LogP contribution in [0.4, 0.5) is 10.5 Å². The van der Waals surface area contributed by atoms with Crippen molar-refractivity contribution >= 4 is 40.9 Å². The topological polar surface area (TPSA) is 53.5 Å². The molecule has 0 bridgehead atoms. The smallest absolute Gasteiger partial charge is 0.307 e. The molecule has 2 rings (SSSR count). The lowest BCUT2D eigenvalue weighted by molar-refractivity contribution is 0.252. The Morgan fingerprint density at radius 3 is 2.89 bits per heavy atom. The van der Waals surface area contributed by atoms with E-state index in [4.69, 9.17) is 11.6 Å². The molecule has 0 fully saturated rings. The molecule has 0 saturated heterocycles. The molecule has 1 heterocycles. The molecule has 6 heteroatoms. The second-order valence-electron chi connectivity index (χ2n) is 3.84. The molecule has 4 nitrogen and oxygen atoms in total. The Kier molecular flexibility index (Phi) is 4.54. The highest BCUT2D eigenvalue weighted by atomic mass is 35.5. The normalized spacial score (nSPS) is 10.6. The van der Waals surface area contributed by atoms with Gasteiger partial charge in [-0.25, -0.2) is 10.2 Å². The molecular weight excluding hydrogens is 282 g/mol. The van der Waals surface area contributed by atoms with Crippen LogP contribution in [-0.4, -0.2) is 12.2 Å². The van der Waals surface area contributed by atoms with Crippen LogP contribution in [0.5, 0.6) is 0 Å². The fourth-order valence-corrected chi connectivity index (χ4v) is 2.37. The predicted molar refractivity (Wildman–Crippen MR) is 80.3 cm³/mol. The van der Waals surface area contributed by atoms with Gasteiger partial charge in [0.15, 0.2) is 0 Å². The zero-order chi connectivity index (χ0) is 13.7. The van der Waals surface area contributed by atoms with Gasteiger partial charge in [0.25, 0.3) is 0 Å². The maximum absolute atomic E-state index is 11.6. The number of halogens is 1. The van der Waals surface area contributed by atoms with E-state index in [9.17, 15) is 4.79 Å². The lowest BCUT2D eigenvalue weighted by Crippen LogP contribution is -2.24. The minimum absolute atomic E-state index is 0.385. The van der Waals surface area contributed by atoms with Gasteiger partial charge in [-0.05, 0) is 36.8 Å². The molecule has 19 heavy (non-hydrogen) atoms. The van der Waals surface area contributed by atoms with Crippen molar-refractivity contribution in [1.29, 1.82) is 0 Å². The molecular formula is C13H12ClN3OS. The number of nitrogens with zero attached hydrogens (tertiary/aromatic N) is 1. The molecule has 1 aromatic carbocycles. The molecule has 1 aromatic heterocycles. The molecule has 0 aliphatic heterocycles. The summed E-state index contributed by atoms with van der Waals surface area (Å²) in [7, 11) is 0. The summed E-state index contributed by atoms with van der Waals surface area (Å²) in [6, 6.07) is 10.8. The summed E-state index contributed by atoms with van der Waals surface area (Å²) in [5, 5.41) is 6.53. The highest BCUT2D eigenvalue weighted by Gasteiger charge is 1.99. The van der Waals surface area contributed by atoms with Gasteiger partial charge < -0.3 is 5.32 Å². The zero-order valence-electron chi connectivity index (χ0n) is 10.2. The van der Waals surface area contributed by atoms with E-state index in [2.05, 4.69) is 15.8 Å². The maximum Gasteiger partial charge on any atom is 0.339 e. The molecule has 0 unspecified atom stereocenters. The van der Waals surface area contributed by atoms with Crippen LogP contribution in [0, 0.1) is 6.92 Å². The molecule has 0 aliphatic carbocycles. The van der Waals surface area contributed by atoms with E-state index in [0.717, 1.165) is 16.1 Å². The first-order chi connectivity index (χ1) is 9.13. The largest absolute Gasteiger partial charge is 0.339 e. The van der Waals surface area contributed by atoms with Crippen LogP contribution in [0.15, 0.2) is 41.5 Å². The Morgan fingerprint density at radius 2 is 2.21 bits per heavy atom. The summed E-state index contributed by atoms with van der Waals surface area (Å²) in [4.78, 5) is 12.4. The Morgan fingerprint density at radius 1 is 1.37 bits per heavy atom. The number of nitrogens with one attached hydrogen (secondary N) is 2. The number of rotatable bonds is 3. The summed E-state index contributed by atoms with van der Waals surface area (Å²) in [5.41, 5.74) is 4.20. The van der Waals surface area contributed by atoms with Crippen LogP contribution < -0.4 is 10.7 Å². The number of benzene rings is 1. The van der Waals surface area contributed by atoms with E-state index >= 15 is 0 Å². The van der Waals surface area contributed by atoms with Crippen molar-refractivity contribution < 1.29 is 4.79 Å². The lowest BCUT2D eigenvalue weighted by Gasteiger charge is -2.04. The van der Waals surface area contributed by atoms with E-state index < -0.39 is 0 Å². The van der Waals surface area contributed by atoms with Crippen LogP contribution in [-0.2, 0) is 0 Å². The molecule has 0 atom stereocenters. The fourth-order valence-electron chi connectivity index (χ4n) is 1.43. The third-order valence-corrected chi connectivity index (χ3v) is 3.39. The number of hydrazone groups is 1. The van der Waals surface area contributed by atoms with Gasteiger partial charge >= 0.3 is 6.03 Å². The number of carbonyl (C=O) groups is 1. The quantitative estimate of drug-likeness (QED) is 0.655. The fraction of sp³-hybridized carbons (Fsp3) is 0.0769. The predicted octanol–water partition coefficient (Wildman–Crippen LogP) is 3.87. The first-order valence-corrected chi connectivity index (χ1v) is 6.75. The highest BCUT2D eigenvalue weighted by Crippen LogP contribution is 2.19. The number of thiophene rings is 1. The van der Waals surface area contributed by atoms with Crippen molar-refractivity contribution in [3.8, 4) is 0 Å². The van der Waals surface area contributed by atoms with E-state index in [-0.39, 0.29) is 6.03 Å². The molecule has 0 aliphatic rings. The number of urea groups is 1. The van der Waals surface area contributed by atoms with Gasteiger partial charge in [0.05, 0.1) is 10.6 Å². The minimum atomic E-state index is -0.385. The lowest BCUT2D eigenvalue weighted by atomic mass is 10.2. The monoisotopic (exact) mass is 293 g/mol. The van der Waals surface area contributed by atoms with Gasteiger partial charge in [0.2, 0.25) is 0 Å². The molecule has 0 spiro atoms. The number of hydrogen-bond donors (Lipinski definition) is 2. The Bertz CT molecular complexity index is 609. The SMILES string of the molecule is Cc1cccc(NC(=O)N/N=C/c2ccc(Cl)s2)c1. The Labute approximate surface area is 120 Å². The van der Waals surface area contributed by atoms with Gasteiger partial charge in [0, 0.05) is 10.6 Å². The zero-order valence-corrected chi connectivity index (χ0v) is 11.8. The number of amides is 2. The number of anilines is 1. The van der Waals surface area contributed by atoms with E-state index in [1.807, 2.05) is 37.3 Å². The van der Waals surface area contributed by atoms with E-state index in [1.165, 1.54) is 11.3 Å². The minimum Gasteiger partial charge on any atom is -0.307 e. The van der Waals surface area contributed by atoms with Crippen molar-refractivity contribution in [2.75, 3.05) is 5.32 Å². The standard InChI is InChI=1S/C13H12ClN3OS/c1-9-3-2-4-10(7-9)16-13(18)17-15-8-11-5-6-12(14)19-11/h2-8H,1H3,(H2,16,17,18)/b15-8+. The van der Waals surface area contributed by atoms with Crippen molar-refractivity contribution in [1.82, 2.24) is 5.43 Å². The molecule has 2 N–H and O–H groups in total. The van der Waals surface area contributed by atoms with Crippen LogP contribution in [0.1, 0.15) is 10.4 Å². The second-order valence-corrected chi connectivity index (χ2v) is 5.58. The molecule has 2 aromatic rings. The molecule has 0 saturated carbocycles. The van der Waals surface area contributed by atoms with Crippen LogP contribution in [0.2, 0.25) is 4.34 Å². The van der Waals surface area contributed by atoms with Gasteiger partial charge in [0.1, 0.15) is 0 Å². The maximum atomic E-state index is 11.6. The van der Waals surface area contributed by atoms with Gasteiger partial charge in [-0.15, -0.1) is 11.3 Å². The first-order valence-electron chi connectivity index (χ1n) is 5.55. The van der Waals surface area contributed by atoms with Gasteiger partial charge in [-0.3, -0.25) is 0 Å². The summed E-state index contributed by atoms with van der Waals surface area (Å²) < 4.78 is 0.686.